The van der Waals surface area contributed by atoms with Gasteiger partial charge in [0.15, 0.2) is 5.69 Å². The molecule has 0 bridgehead atoms. The van der Waals surface area contributed by atoms with Crippen molar-refractivity contribution in [1.29, 1.82) is 0 Å². The number of aryl methyl sites for hydroxylation is 2. The highest BCUT2D eigenvalue weighted by Crippen LogP contribution is 2.32. The number of hydrogen-bond donors (Lipinski definition) is 0. The summed E-state index contributed by atoms with van der Waals surface area (Å²) in [7, 11) is 0. The molecule has 188 valence electrons. The van der Waals surface area contributed by atoms with E-state index >= 15 is 0 Å². The van der Waals surface area contributed by atoms with Crippen molar-refractivity contribution in [3.05, 3.63) is 69.4 Å². The minimum Gasteiger partial charge on any atom is -0.341 e. The monoisotopic (exact) mass is 504 g/mol. The first kappa shape index (κ1) is 25.4. The molecule has 3 aromatic rings. The molecule has 5 nitrogen and oxygen atoms in total. The Labute approximate surface area is 208 Å². The number of rotatable bonds is 8. The van der Waals surface area contributed by atoms with Crippen LogP contribution in [0.25, 0.3) is 0 Å². The van der Waals surface area contributed by atoms with Crippen molar-refractivity contribution in [2.75, 3.05) is 13.1 Å². The SMILES string of the molecule is Cc1cc(C(F)(F)F)nn1CC(=O)N1CCC(c2nc(CCCC(C)c3ccccc3)cs2)CC1. The number of benzene rings is 1. The van der Waals surface area contributed by atoms with Crippen LogP contribution < -0.4 is 0 Å². The van der Waals surface area contributed by atoms with Crippen LogP contribution in [0.3, 0.4) is 0 Å². The van der Waals surface area contributed by atoms with E-state index in [1.165, 1.54) is 12.5 Å². The molecule has 0 saturated carbocycles. The number of halogens is 3. The minimum absolute atomic E-state index is 0.171. The second-order valence-corrected chi connectivity index (χ2v) is 10.3. The zero-order chi connectivity index (χ0) is 25.0. The van der Waals surface area contributed by atoms with E-state index in [9.17, 15) is 18.0 Å². The van der Waals surface area contributed by atoms with Gasteiger partial charge in [-0.3, -0.25) is 9.48 Å². The van der Waals surface area contributed by atoms with Crippen molar-refractivity contribution >= 4 is 17.2 Å². The van der Waals surface area contributed by atoms with Gasteiger partial charge in [-0.1, -0.05) is 37.3 Å². The molecule has 1 aromatic carbocycles. The van der Waals surface area contributed by atoms with Crippen LogP contribution in [0, 0.1) is 6.92 Å². The molecule has 9 heteroatoms. The van der Waals surface area contributed by atoms with Gasteiger partial charge in [0.05, 0.1) is 10.7 Å². The minimum atomic E-state index is -4.51. The van der Waals surface area contributed by atoms with Gasteiger partial charge < -0.3 is 4.90 Å². The second kappa shape index (κ2) is 10.9. The molecule has 0 radical (unpaired) electrons. The highest BCUT2D eigenvalue weighted by Gasteiger charge is 2.35. The summed E-state index contributed by atoms with van der Waals surface area (Å²) in [5.41, 5.74) is 1.87. The summed E-state index contributed by atoms with van der Waals surface area (Å²) in [6.07, 6.45) is 0.302. The average Bonchev–Trinajstić information content (AvgIpc) is 3.46. The van der Waals surface area contributed by atoms with Crippen molar-refractivity contribution in [2.24, 2.45) is 0 Å². The molecule has 1 fully saturated rings. The fraction of sp³-hybridized carbons (Fsp3) is 0.500. The van der Waals surface area contributed by atoms with Crippen molar-refractivity contribution in [1.82, 2.24) is 19.7 Å². The Hall–Kier alpha value is -2.68. The highest BCUT2D eigenvalue weighted by molar-refractivity contribution is 7.09. The van der Waals surface area contributed by atoms with Crippen molar-refractivity contribution < 1.29 is 18.0 Å². The largest absolute Gasteiger partial charge is 0.435 e. The third-order valence-electron chi connectivity index (χ3n) is 6.76. The molecule has 1 saturated heterocycles. The van der Waals surface area contributed by atoms with Gasteiger partial charge in [-0.2, -0.15) is 18.3 Å². The molecule has 0 aliphatic carbocycles. The standard InChI is InChI=1S/C26H31F3N4OS/c1-18(20-8-4-3-5-9-20)7-6-10-22-17-35-25(30-22)21-11-13-32(14-12-21)24(34)16-33-19(2)15-23(31-33)26(27,28)29/h3-5,8-9,15,17-18,21H,6-7,10-14,16H2,1-2H3. The Bertz CT molecular complexity index is 1120. The molecule has 1 atom stereocenters. The molecule has 1 unspecified atom stereocenters. The van der Waals surface area contributed by atoms with Crippen LogP contribution in [0.5, 0.6) is 0 Å². The Kier molecular flexibility index (Phi) is 7.94. The van der Waals surface area contributed by atoms with Gasteiger partial charge in [-0.05, 0) is 56.6 Å². The number of aromatic nitrogens is 3. The molecule has 1 amide bonds. The van der Waals surface area contributed by atoms with Crippen molar-refractivity contribution in [3.8, 4) is 0 Å². The molecule has 0 N–H and O–H groups in total. The van der Waals surface area contributed by atoms with Gasteiger partial charge in [0.25, 0.3) is 0 Å². The van der Waals surface area contributed by atoms with Crippen LogP contribution in [0.4, 0.5) is 13.2 Å². The topological polar surface area (TPSA) is 51.0 Å². The van der Waals surface area contributed by atoms with Gasteiger partial charge >= 0.3 is 6.18 Å². The van der Waals surface area contributed by atoms with E-state index in [0.717, 1.165) is 53.6 Å². The van der Waals surface area contributed by atoms with Crippen LogP contribution in [0.15, 0.2) is 41.8 Å². The summed E-state index contributed by atoms with van der Waals surface area (Å²) in [6.45, 7) is 4.79. The molecule has 35 heavy (non-hydrogen) atoms. The molecule has 4 rings (SSSR count). The Morgan fingerprint density at radius 2 is 1.91 bits per heavy atom. The van der Waals surface area contributed by atoms with Gasteiger partial charge in [0.1, 0.15) is 6.54 Å². The summed E-state index contributed by atoms with van der Waals surface area (Å²) >= 11 is 1.70. The number of hydrogen-bond acceptors (Lipinski definition) is 4. The number of nitrogens with zero attached hydrogens (tertiary/aromatic N) is 4. The first-order valence-electron chi connectivity index (χ1n) is 12.1. The summed E-state index contributed by atoms with van der Waals surface area (Å²) < 4.78 is 39.8. The Morgan fingerprint density at radius 1 is 1.20 bits per heavy atom. The van der Waals surface area contributed by atoms with Crippen LogP contribution in [-0.2, 0) is 23.9 Å². The van der Waals surface area contributed by atoms with E-state index in [-0.39, 0.29) is 12.5 Å². The molecule has 1 aliphatic rings. The highest BCUT2D eigenvalue weighted by atomic mass is 32.1. The fourth-order valence-corrected chi connectivity index (χ4v) is 5.60. The third kappa shape index (κ3) is 6.51. The van der Waals surface area contributed by atoms with Gasteiger partial charge in [0.2, 0.25) is 5.91 Å². The van der Waals surface area contributed by atoms with E-state index in [2.05, 4.69) is 41.7 Å². The number of carbonyl (C=O) groups is 1. The maximum absolute atomic E-state index is 12.9. The zero-order valence-corrected chi connectivity index (χ0v) is 20.9. The van der Waals surface area contributed by atoms with E-state index < -0.39 is 11.9 Å². The lowest BCUT2D eigenvalue weighted by molar-refractivity contribution is -0.142. The lowest BCUT2D eigenvalue weighted by Crippen LogP contribution is -2.40. The second-order valence-electron chi connectivity index (χ2n) is 9.36. The molecule has 2 aromatic heterocycles. The number of likely N-dealkylation sites (tertiary alicyclic amines) is 1. The molecular formula is C26H31F3N4OS. The van der Waals surface area contributed by atoms with E-state index in [1.54, 1.807) is 16.2 Å². The van der Waals surface area contributed by atoms with E-state index in [0.29, 0.717) is 30.6 Å². The number of alkyl halides is 3. The normalized spacial score (nSPS) is 16.0. The maximum Gasteiger partial charge on any atom is 0.435 e. The lowest BCUT2D eigenvalue weighted by Gasteiger charge is -2.31. The quantitative estimate of drug-likeness (QED) is 0.367. The first-order valence-corrected chi connectivity index (χ1v) is 13.0. The van der Waals surface area contributed by atoms with Gasteiger partial charge in [-0.25, -0.2) is 4.98 Å². The predicted molar refractivity (Wildman–Crippen MR) is 130 cm³/mol. The fourth-order valence-electron chi connectivity index (χ4n) is 4.58. The number of amides is 1. The van der Waals surface area contributed by atoms with Gasteiger partial charge in [0, 0.05) is 30.1 Å². The third-order valence-corrected chi connectivity index (χ3v) is 7.82. The number of carbonyl (C=O) groups excluding carboxylic acids is 1. The average molecular weight is 505 g/mol. The Morgan fingerprint density at radius 3 is 2.57 bits per heavy atom. The van der Waals surface area contributed by atoms with Gasteiger partial charge in [-0.15, -0.1) is 11.3 Å². The maximum atomic E-state index is 12.9. The summed E-state index contributed by atoms with van der Waals surface area (Å²) in [5.74, 6) is 0.654. The van der Waals surface area contributed by atoms with E-state index in [1.807, 2.05) is 6.07 Å². The summed E-state index contributed by atoms with van der Waals surface area (Å²) in [5, 5.41) is 6.85. The van der Waals surface area contributed by atoms with Crippen LogP contribution in [-0.4, -0.2) is 38.7 Å². The zero-order valence-electron chi connectivity index (χ0n) is 20.1. The molecule has 0 spiro atoms. The number of piperidine rings is 1. The predicted octanol–water partition coefficient (Wildman–Crippen LogP) is 6.20. The van der Waals surface area contributed by atoms with Crippen LogP contribution >= 0.6 is 11.3 Å². The van der Waals surface area contributed by atoms with Crippen molar-refractivity contribution in [2.45, 2.75) is 70.5 Å². The lowest BCUT2D eigenvalue weighted by atomic mass is 9.95. The van der Waals surface area contributed by atoms with Crippen LogP contribution in [0.2, 0.25) is 0 Å². The molecule has 3 heterocycles. The first-order chi connectivity index (χ1) is 16.7. The van der Waals surface area contributed by atoms with Crippen molar-refractivity contribution in [3.63, 3.8) is 0 Å². The Balaban J connectivity index is 1.23. The molecule has 1 aliphatic heterocycles. The summed E-state index contributed by atoms with van der Waals surface area (Å²) in [4.78, 5) is 19.3. The summed E-state index contributed by atoms with van der Waals surface area (Å²) in [6, 6.07) is 11.5. The molecular weight excluding hydrogens is 473 g/mol. The smallest absolute Gasteiger partial charge is 0.341 e. The van der Waals surface area contributed by atoms with E-state index in [4.69, 9.17) is 4.98 Å². The number of thiazole rings is 1. The van der Waals surface area contributed by atoms with Crippen LogP contribution in [0.1, 0.15) is 72.1 Å².